The summed E-state index contributed by atoms with van der Waals surface area (Å²) in [7, 11) is 3.86. The Bertz CT molecular complexity index is 1670. The Morgan fingerprint density at radius 3 is 2.67 bits per heavy atom. The highest BCUT2D eigenvalue weighted by molar-refractivity contribution is 6.05. The normalized spacial score (nSPS) is 16.3. The van der Waals surface area contributed by atoms with Gasteiger partial charge in [-0.3, -0.25) is 18.8 Å². The van der Waals surface area contributed by atoms with Crippen LogP contribution >= 0.6 is 0 Å². The Hall–Kier alpha value is -4.51. The molecule has 0 radical (unpaired) electrons. The number of para-hydroxylation sites is 1. The van der Waals surface area contributed by atoms with Crippen LogP contribution in [0, 0.1) is 6.92 Å². The SMILES string of the molecule is C=CC(=O)N1CCN(c2cc3cnc(Nc4cnn(C5CCN(C)CC5)c4)nc3n(C)c2=O)c2cccc(C)c21. The number of hydrogen-bond acceptors (Lipinski definition) is 8. The predicted octanol–water partition coefficient (Wildman–Crippen LogP) is 3.51. The highest BCUT2D eigenvalue weighted by Gasteiger charge is 2.29. The van der Waals surface area contributed by atoms with Crippen molar-refractivity contribution in [2.75, 3.05) is 48.3 Å². The molecule has 11 nitrogen and oxygen atoms in total. The van der Waals surface area contributed by atoms with Gasteiger partial charge in [0.1, 0.15) is 11.3 Å². The number of fused-ring (bicyclic) bond motifs is 2. The second-order valence-corrected chi connectivity index (χ2v) is 10.5. The van der Waals surface area contributed by atoms with Crippen LogP contribution in [0.3, 0.4) is 0 Å². The summed E-state index contributed by atoms with van der Waals surface area (Å²) in [4.78, 5) is 41.4. The van der Waals surface area contributed by atoms with Gasteiger partial charge >= 0.3 is 0 Å². The molecule has 0 unspecified atom stereocenters. The minimum absolute atomic E-state index is 0.160. The molecular weight excluding hydrogens is 506 g/mol. The molecular formula is C29H33N9O2. The number of nitrogens with zero attached hydrogens (tertiary/aromatic N) is 8. The van der Waals surface area contributed by atoms with Gasteiger partial charge < -0.3 is 20.0 Å². The number of piperidine rings is 1. The topological polar surface area (TPSA) is 104 Å². The Kier molecular flexibility index (Phi) is 6.59. The number of anilines is 5. The van der Waals surface area contributed by atoms with E-state index >= 15 is 0 Å². The largest absolute Gasteiger partial charge is 0.333 e. The fourth-order valence-electron chi connectivity index (χ4n) is 5.70. The summed E-state index contributed by atoms with van der Waals surface area (Å²) >= 11 is 0. The van der Waals surface area contributed by atoms with Crippen LogP contribution in [0.15, 0.2) is 60.3 Å². The van der Waals surface area contributed by atoms with Gasteiger partial charge in [0.15, 0.2) is 0 Å². The highest BCUT2D eigenvalue weighted by atomic mass is 16.2. The van der Waals surface area contributed by atoms with Crippen molar-refractivity contribution >= 4 is 45.6 Å². The number of likely N-dealkylation sites (tertiary alicyclic amines) is 1. The fourth-order valence-corrected chi connectivity index (χ4v) is 5.70. The number of carbonyl (C=O) groups is 1. The van der Waals surface area contributed by atoms with Crippen LogP contribution in [0.2, 0.25) is 0 Å². The molecule has 1 amide bonds. The van der Waals surface area contributed by atoms with E-state index in [0.717, 1.165) is 53.9 Å². The zero-order valence-corrected chi connectivity index (χ0v) is 23.0. The van der Waals surface area contributed by atoms with Crippen molar-refractivity contribution in [3.63, 3.8) is 0 Å². The molecule has 1 aromatic carbocycles. The molecule has 2 aliphatic heterocycles. The van der Waals surface area contributed by atoms with Gasteiger partial charge in [0.05, 0.1) is 29.3 Å². The van der Waals surface area contributed by atoms with E-state index in [1.54, 1.807) is 28.9 Å². The quantitative estimate of drug-likeness (QED) is 0.384. The number of aryl methyl sites for hydroxylation is 2. The predicted molar refractivity (Wildman–Crippen MR) is 157 cm³/mol. The second-order valence-electron chi connectivity index (χ2n) is 10.5. The maximum Gasteiger partial charge on any atom is 0.275 e. The van der Waals surface area contributed by atoms with Crippen molar-refractivity contribution in [2.45, 2.75) is 25.8 Å². The summed E-state index contributed by atoms with van der Waals surface area (Å²) in [5.74, 6) is 0.239. The third-order valence-electron chi connectivity index (χ3n) is 7.91. The molecule has 1 fully saturated rings. The first-order chi connectivity index (χ1) is 19.3. The minimum atomic E-state index is -0.178. The van der Waals surface area contributed by atoms with Gasteiger partial charge in [0, 0.05) is 37.9 Å². The maximum absolute atomic E-state index is 13.6. The van der Waals surface area contributed by atoms with Crippen LogP contribution in [0.4, 0.5) is 28.7 Å². The summed E-state index contributed by atoms with van der Waals surface area (Å²) in [5, 5.41) is 8.54. The Labute approximate surface area is 232 Å². The molecule has 1 saturated heterocycles. The van der Waals surface area contributed by atoms with Crippen molar-refractivity contribution in [3.05, 3.63) is 71.4 Å². The van der Waals surface area contributed by atoms with Gasteiger partial charge in [-0.25, -0.2) is 4.98 Å². The average Bonchev–Trinajstić information content (AvgIpc) is 3.43. The van der Waals surface area contributed by atoms with Crippen molar-refractivity contribution < 1.29 is 4.79 Å². The van der Waals surface area contributed by atoms with Crippen LogP contribution in [0.25, 0.3) is 11.0 Å². The van der Waals surface area contributed by atoms with Gasteiger partial charge in [0.25, 0.3) is 11.5 Å². The summed E-state index contributed by atoms with van der Waals surface area (Å²) in [6.45, 7) is 8.64. The first kappa shape index (κ1) is 25.8. The van der Waals surface area contributed by atoms with E-state index in [4.69, 9.17) is 0 Å². The average molecular weight is 540 g/mol. The van der Waals surface area contributed by atoms with Crippen molar-refractivity contribution in [1.82, 2.24) is 29.2 Å². The number of aromatic nitrogens is 5. The number of carbonyl (C=O) groups excluding carboxylic acids is 1. The second kappa shape index (κ2) is 10.2. The first-order valence-corrected chi connectivity index (χ1v) is 13.5. The molecule has 1 N–H and O–H groups in total. The highest BCUT2D eigenvalue weighted by Crippen LogP contribution is 2.39. The number of amides is 1. The summed E-state index contributed by atoms with van der Waals surface area (Å²) < 4.78 is 3.57. The van der Waals surface area contributed by atoms with E-state index in [1.807, 2.05) is 47.0 Å². The van der Waals surface area contributed by atoms with E-state index in [-0.39, 0.29) is 11.5 Å². The number of nitrogens with one attached hydrogen (secondary N) is 1. The fraction of sp³-hybridized carbons (Fsp3) is 0.345. The van der Waals surface area contributed by atoms with E-state index in [2.05, 4.69) is 38.9 Å². The molecule has 206 valence electrons. The molecule has 0 bridgehead atoms. The third-order valence-corrected chi connectivity index (χ3v) is 7.91. The van der Waals surface area contributed by atoms with Gasteiger partial charge in [-0.15, -0.1) is 0 Å². The molecule has 0 spiro atoms. The van der Waals surface area contributed by atoms with Crippen LogP contribution in [0.1, 0.15) is 24.4 Å². The molecule has 11 heteroatoms. The number of benzene rings is 1. The Morgan fingerprint density at radius 2 is 1.90 bits per heavy atom. The van der Waals surface area contributed by atoms with Gasteiger partial charge in [0.2, 0.25) is 5.95 Å². The zero-order valence-electron chi connectivity index (χ0n) is 23.0. The smallest absolute Gasteiger partial charge is 0.275 e. The zero-order chi connectivity index (χ0) is 28.0. The van der Waals surface area contributed by atoms with E-state index in [0.29, 0.717) is 36.4 Å². The maximum atomic E-state index is 13.6. The molecule has 2 aliphatic rings. The summed E-state index contributed by atoms with van der Waals surface area (Å²) in [6.07, 6.45) is 8.95. The molecule has 3 aromatic heterocycles. The monoisotopic (exact) mass is 539 g/mol. The van der Waals surface area contributed by atoms with Crippen LogP contribution in [-0.4, -0.2) is 68.3 Å². The summed E-state index contributed by atoms with van der Waals surface area (Å²) in [6, 6.07) is 8.05. The third kappa shape index (κ3) is 4.51. The molecule has 40 heavy (non-hydrogen) atoms. The van der Waals surface area contributed by atoms with Gasteiger partial charge in [-0.05, 0) is 63.7 Å². The van der Waals surface area contributed by atoms with Crippen molar-refractivity contribution in [2.24, 2.45) is 7.05 Å². The lowest BCUT2D eigenvalue weighted by molar-refractivity contribution is -0.114. The lowest BCUT2D eigenvalue weighted by atomic mass is 10.1. The molecule has 4 aromatic rings. The number of hydrogen-bond donors (Lipinski definition) is 1. The van der Waals surface area contributed by atoms with E-state index in [1.165, 1.54) is 6.08 Å². The van der Waals surface area contributed by atoms with Crippen molar-refractivity contribution in [1.29, 1.82) is 0 Å². The summed E-state index contributed by atoms with van der Waals surface area (Å²) in [5.41, 5.74) is 4.21. The Balaban J connectivity index is 1.30. The van der Waals surface area contributed by atoms with Gasteiger partial charge in [-0.2, -0.15) is 10.1 Å². The van der Waals surface area contributed by atoms with E-state index in [9.17, 15) is 9.59 Å². The lowest BCUT2D eigenvalue weighted by Gasteiger charge is -2.38. The molecule has 0 atom stereocenters. The van der Waals surface area contributed by atoms with Crippen LogP contribution < -0.4 is 20.7 Å². The van der Waals surface area contributed by atoms with Crippen LogP contribution in [0.5, 0.6) is 0 Å². The molecule has 6 rings (SSSR count). The first-order valence-electron chi connectivity index (χ1n) is 13.5. The molecule has 0 saturated carbocycles. The Morgan fingerprint density at radius 1 is 1.10 bits per heavy atom. The molecule has 0 aliphatic carbocycles. The van der Waals surface area contributed by atoms with E-state index < -0.39 is 0 Å². The number of rotatable bonds is 5. The minimum Gasteiger partial charge on any atom is -0.333 e. The lowest BCUT2D eigenvalue weighted by Crippen LogP contribution is -2.43. The van der Waals surface area contributed by atoms with Crippen molar-refractivity contribution in [3.8, 4) is 0 Å². The van der Waals surface area contributed by atoms with Crippen LogP contribution in [-0.2, 0) is 11.8 Å². The standard InChI is InChI=1S/C29H33N9O2/c1-5-25(39)37-14-13-36(23-8-6-7-19(2)26(23)37)24-15-20-16-30-29(33-27(20)35(4)28(24)40)32-21-17-31-38(18-21)22-9-11-34(3)12-10-22/h5-8,15-18,22H,1,9-14H2,2-4H3,(H,30,32,33). The number of pyridine rings is 1. The van der Waals surface area contributed by atoms with Gasteiger partial charge in [-0.1, -0.05) is 18.7 Å². The molecule has 5 heterocycles.